The highest BCUT2D eigenvalue weighted by Crippen LogP contribution is 2.26. The van der Waals surface area contributed by atoms with Crippen molar-refractivity contribution < 1.29 is 4.74 Å². The lowest BCUT2D eigenvalue weighted by atomic mass is 10.1. The molecule has 0 aliphatic carbocycles. The maximum atomic E-state index is 6.17. The molecule has 0 aromatic heterocycles. The van der Waals surface area contributed by atoms with Gasteiger partial charge in [0.15, 0.2) is 0 Å². The highest BCUT2D eigenvalue weighted by molar-refractivity contribution is 6.35. The summed E-state index contributed by atoms with van der Waals surface area (Å²) in [4.78, 5) is 0. The van der Waals surface area contributed by atoms with Gasteiger partial charge in [-0.2, -0.15) is 0 Å². The van der Waals surface area contributed by atoms with E-state index in [0.29, 0.717) is 16.6 Å². The van der Waals surface area contributed by atoms with Gasteiger partial charge in [0.1, 0.15) is 5.75 Å². The summed E-state index contributed by atoms with van der Waals surface area (Å²) in [5.41, 5.74) is 2.15. The van der Waals surface area contributed by atoms with Crippen molar-refractivity contribution in [2.75, 3.05) is 7.11 Å². The van der Waals surface area contributed by atoms with E-state index in [1.54, 1.807) is 13.2 Å². The van der Waals surface area contributed by atoms with Crippen LogP contribution in [0.1, 0.15) is 24.1 Å². The molecule has 0 unspecified atom stereocenters. The molecule has 1 N–H and O–H groups in total. The van der Waals surface area contributed by atoms with Crippen molar-refractivity contribution in [1.29, 1.82) is 0 Å². The summed E-state index contributed by atoms with van der Waals surface area (Å²) in [5, 5.41) is 4.77. The average molecular weight is 310 g/mol. The average Bonchev–Trinajstić information content (AvgIpc) is 2.46. The predicted octanol–water partition coefficient (Wildman–Crippen LogP) is 4.85. The van der Waals surface area contributed by atoms with Gasteiger partial charge < -0.3 is 10.1 Å². The molecule has 2 rings (SSSR count). The van der Waals surface area contributed by atoms with Gasteiger partial charge in [-0.1, -0.05) is 47.5 Å². The van der Waals surface area contributed by atoms with Crippen LogP contribution >= 0.6 is 23.2 Å². The van der Waals surface area contributed by atoms with E-state index in [2.05, 4.69) is 18.3 Å². The van der Waals surface area contributed by atoms with Crippen LogP contribution in [0.25, 0.3) is 0 Å². The number of para-hydroxylation sites is 1. The van der Waals surface area contributed by atoms with Gasteiger partial charge in [-0.05, 0) is 30.7 Å². The Balaban J connectivity index is 2.06. The fourth-order valence-corrected chi connectivity index (χ4v) is 2.54. The fraction of sp³-hybridized carbons (Fsp3) is 0.250. The molecule has 0 amide bonds. The smallest absolute Gasteiger partial charge is 0.123 e. The van der Waals surface area contributed by atoms with Crippen LogP contribution in [0, 0.1) is 0 Å². The largest absolute Gasteiger partial charge is 0.496 e. The molecule has 0 spiro atoms. The zero-order valence-electron chi connectivity index (χ0n) is 11.5. The monoisotopic (exact) mass is 309 g/mol. The Bertz CT molecular complexity index is 586. The summed E-state index contributed by atoms with van der Waals surface area (Å²) < 4.78 is 5.37. The molecule has 0 aliphatic heterocycles. The lowest BCUT2D eigenvalue weighted by Gasteiger charge is -2.17. The Morgan fingerprint density at radius 1 is 1.15 bits per heavy atom. The van der Waals surface area contributed by atoms with Gasteiger partial charge >= 0.3 is 0 Å². The molecular formula is C16H17Cl2NO. The molecule has 106 valence electrons. The van der Waals surface area contributed by atoms with E-state index in [0.717, 1.165) is 16.9 Å². The summed E-state index contributed by atoms with van der Waals surface area (Å²) >= 11 is 12.1. The Morgan fingerprint density at radius 3 is 2.60 bits per heavy atom. The Morgan fingerprint density at radius 2 is 1.90 bits per heavy atom. The van der Waals surface area contributed by atoms with Crippen LogP contribution in [0.3, 0.4) is 0 Å². The molecule has 1 atom stereocenters. The maximum absolute atomic E-state index is 6.17. The van der Waals surface area contributed by atoms with E-state index >= 15 is 0 Å². The first-order valence-corrected chi connectivity index (χ1v) is 7.17. The lowest BCUT2D eigenvalue weighted by molar-refractivity contribution is 0.401. The number of nitrogens with one attached hydrogen (secondary N) is 1. The van der Waals surface area contributed by atoms with E-state index in [9.17, 15) is 0 Å². The summed E-state index contributed by atoms with van der Waals surface area (Å²) in [7, 11) is 1.68. The van der Waals surface area contributed by atoms with E-state index in [1.807, 2.05) is 30.3 Å². The topological polar surface area (TPSA) is 21.3 Å². The molecule has 0 radical (unpaired) electrons. The summed E-state index contributed by atoms with van der Waals surface area (Å²) in [6, 6.07) is 13.7. The van der Waals surface area contributed by atoms with Crippen molar-refractivity contribution in [1.82, 2.24) is 5.32 Å². The van der Waals surface area contributed by atoms with Crippen LogP contribution in [-0.2, 0) is 6.54 Å². The molecule has 2 aromatic rings. The van der Waals surface area contributed by atoms with Gasteiger partial charge in [0.2, 0.25) is 0 Å². The van der Waals surface area contributed by atoms with E-state index in [-0.39, 0.29) is 6.04 Å². The molecule has 2 aromatic carbocycles. The number of halogens is 2. The number of benzene rings is 2. The first-order chi connectivity index (χ1) is 9.61. The predicted molar refractivity (Wildman–Crippen MR) is 84.7 cm³/mol. The van der Waals surface area contributed by atoms with Crippen molar-refractivity contribution >= 4 is 23.2 Å². The normalized spacial score (nSPS) is 12.2. The van der Waals surface area contributed by atoms with Gasteiger partial charge in [-0.25, -0.2) is 0 Å². The third kappa shape index (κ3) is 3.66. The number of rotatable bonds is 5. The van der Waals surface area contributed by atoms with E-state index in [4.69, 9.17) is 27.9 Å². The number of hydrogen-bond acceptors (Lipinski definition) is 2. The zero-order chi connectivity index (χ0) is 14.5. The van der Waals surface area contributed by atoms with Crippen molar-refractivity contribution in [2.45, 2.75) is 19.5 Å². The molecule has 0 saturated carbocycles. The second kappa shape index (κ2) is 6.98. The number of ether oxygens (including phenoxy) is 1. The first kappa shape index (κ1) is 15.2. The number of hydrogen-bond donors (Lipinski definition) is 1. The Kier molecular flexibility index (Phi) is 5.30. The molecule has 0 saturated heterocycles. The molecule has 4 heteroatoms. The van der Waals surface area contributed by atoms with Crippen LogP contribution < -0.4 is 10.1 Å². The van der Waals surface area contributed by atoms with Gasteiger partial charge in [-0.15, -0.1) is 0 Å². The highest BCUT2D eigenvalue weighted by atomic mass is 35.5. The van der Waals surface area contributed by atoms with Crippen molar-refractivity contribution in [2.24, 2.45) is 0 Å². The van der Waals surface area contributed by atoms with Crippen LogP contribution in [0.5, 0.6) is 5.75 Å². The SMILES string of the molecule is COc1ccccc1[C@H](C)NCc1ccc(Cl)cc1Cl. The molecule has 0 fully saturated rings. The molecular weight excluding hydrogens is 293 g/mol. The maximum Gasteiger partial charge on any atom is 0.123 e. The zero-order valence-corrected chi connectivity index (χ0v) is 13.0. The molecule has 2 nitrogen and oxygen atoms in total. The Hall–Kier alpha value is -1.22. The van der Waals surface area contributed by atoms with Gasteiger partial charge in [0.05, 0.1) is 7.11 Å². The van der Waals surface area contributed by atoms with Gasteiger partial charge in [0.25, 0.3) is 0 Å². The van der Waals surface area contributed by atoms with Gasteiger partial charge in [0, 0.05) is 28.2 Å². The standard InChI is InChI=1S/C16H17Cl2NO/c1-11(14-5-3-4-6-16(14)20-2)19-10-12-7-8-13(17)9-15(12)18/h3-9,11,19H,10H2,1-2H3/t11-/m0/s1. The summed E-state index contributed by atoms with van der Waals surface area (Å²) in [6.07, 6.45) is 0. The van der Waals surface area contributed by atoms with Gasteiger partial charge in [-0.3, -0.25) is 0 Å². The van der Waals surface area contributed by atoms with E-state index in [1.165, 1.54) is 0 Å². The van der Waals surface area contributed by atoms with Crippen LogP contribution in [-0.4, -0.2) is 7.11 Å². The van der Waals surface area contributed by atoms with Crippen LogP contribution in [0.2, 0.25) is 10.0 Å². The fourth-order valence-electron chi connectivity index (χ4n) is 2.06. The number of methoxy groups -OCH3 is 1. The summed E-state index contributed by atoms with van der Waals surface area (Å²) in [5.74, 6) is 0.884. The third-order valence-electron chi connectivity index (χ3n) is 3.22. The first-order valence-electron chi connectivity index (χ1n) is 6.42. The minimum atomic E-state index is 0.165. The van der Waals surface area contributed by atoms with Crippen molar-refractivity contribution in [3.8, 4) is 5.75 Å². The third-order valence-corrected chi connectivity index (χ3v) is 3.81. The lowest BCUT2D eigenvalue weighted by Crippen LogP contribution is -2.18. The van der Waals surface area contributed by atoms with Crippen molar-refractivity contribution in [3.63, 3.8) is 0 Å². The second-order valence-electron chi connectivity index (χ2n) is 4.58. The van der Waals surface area contributed by atoms with Crippen molar-refractivity contribution in [3.05, 3.63) is 63.6 Å². The minimum Gasteiger partial charge on any atom is -0.496 e. The molecule has 0 heterocycles. The summed E-state index contributed by atoms with van der Waals surface area (Å²) in [6.45, 7) is 2.77. The minimum absolute atomic E-state index is 0.165. The second-order valence-corrected chi connectivity index (χ2v) is 5.42. The molecule has 0 bridgehead atoms. The Labute approximate surface area is 129 Å². The van der Waals surface area contributed by atoms with Crippen LogP contribution in [0.15, 0.2) is 42.5 Å². The quantitative estimate of drug-likeness (QED) is 0.852. The highest BCUT2D eigenvalue weighted by Gasteiger charge is 2.11. The van der Waals surface area contributed by atoms with Crippen LogP contribution in [0.4, 0.5) is 0 Å². The molecule has 0 aliphatic rings. The van der Waals surface area contributed by atoms with E-state index < -0.39 is 0 Å². The molecule has 20 heavy (non-hydrogen) atoms.